The summed E-state index contributed by atoms with van der Waals surface area (Å²) in [4.78, 5) is 0. The molecular formula is C15H29BO6. The fraction of sp³-hybridized carbons (Fsp3) is 1.00. The molecule has 1 saturated heterocycles. The van der Waals surface area contributed by atoms with E-state index in [0.717, 1.165) is 12.8 Å². The average Bonchev–Trinajstić information content (AvgIpc) is 2.54. The summed E-state index contributed by atoms with van der Waals surface area (Å²) in [5.41, 5.74) is 0. The van der Waals surface area contributed by atoms with Gasteiger partial charge in [-0.15, -0.1) is 0 Å². The zero-order chi connectivity index (χ0) is 15.7. The molecule has 0 aromatic heterocycles. The van der Waals surface area contributed by atoms with E-state index in [-0.39, 0.29) is 6.10 Å². The lowest BCUT2D eigenvalue weighted by atomic mass is 10.0. The number of rotatable bonds is 6. The Hall–Kier alpha value is -0.175. The summed E-state index contributed by atoms with van der Waals surface area (Å²) in [6, 6.07) is 0. The van der Waals surface area contributed by atoms with Gasteiger partial charge in [0.15, 0.2) is 0 Å². The lowest BCUT2D eigenvalue weighted by molar-refractivity contribution is -0.0777. The number of ether oxygens (including phenoxy) is 6. The zero-order valence-corrected chi connectivity index (χ0v) is 13.5. The zero-order valence-electron chi connectivity index (χ0n) is 13.5. The molecule has 0 aliphatic carbocycles. The molecule has 22 heavy (non-hydrogen) atoms. The summed E-state index contributed by atoms with van der Waals surface area (Å²) in [7, 11) is 5.45. The SMILES string of the molecule is [B]CCCCOCC1COCCOCCOCCOCCO1. The van der Waals surface area contributed by atoms with E-state index >= 15 is 0 Å². The Morgan fingerprint density at radius 2 is 1.36 bits per heavy atom. The van der Waals surface area contributed by atoms with Crippen molar-refractivity contribution in [3.05, 3.63) is 0 Å². The molecule has 128 valence electrons. The van der Waals surface area contributed by atoms with Gasteiger partial charge in [-0.05, 0) is 6.42 Å². The van der Waals surface area contributed by atoms with Crippen molar-refractivity contribution in [2.75, 3.05) is 72.7 Å². The summed E-state index contributed by atoms with van der Waals surface area (Å²) >= 11 is 0. The molecule has 7 heteroatoms. The fourth-order valence-electron chi connectivity index (χ4n) is 1.86. The van der Waals surface area contributed by atoms with Crippen LogP contribution in [0.15, 0.2) is 0 Å². The molecule has 1 atom stereocenters. The number of hydrogen-bond donors (Lipinski definition) is 0. The first kappa shape index (κ1) is 19.9. The van der Waals surface area contributed by atoms with Gasteiger partial charge in [-0.1, -0.05) is 12.7 Å². The van der Waals surface area contributed by atoms with Crippen molar-refractivity contribution in [1.29, 1.82) is 0 Å². The van der Waals surface area contributed by atoms with Crippen LogP contribution in [0.4, 0.5) is 0 Å². The predicted octanol–water partition coefficient (Wildman–Crippen LogP) is 0.835. The molecule has 0 saturated carbocycles. The third-order valence-electron chi connectivity index (χ3n) is 3.05. The Bertz CT molecular complexity index is 216. The second-order valence-electron chi connectivity index (χ2n) is 4.98. The van der Waals surface area contributed by atoms with Crippen LogP contribution in [0.25, 0.3) is 0 Å². The van der Waals surface area contributed by atoms with E-state index in [1.807, 2.05) is 0 Å². The van der Waals surface area contributed by atoms with Crippen molar-refractivity contribution in [3.63, 3.8) is 0 Å². The molecule has 0 bridgehead atoms. The molecule has 1 rings (SSSR count). The Morgan fingerprint density at radius 3 is 2.00 bits per heavy atom. The van der Waals surface area contributed by atoms with Gasteiger partial charge in [-0.25, -0.2) is 0 Å². The molecule has 0 amide bonds. The van der Waals surface area contributed by atoms with Gasteiger partial charge in [-0.3, -0.25) is 0 Å². The van der Waals surface area contributed by atoms with Crippen LogP contribution in [0.2, 0.25) is 6.32 Å². The van der Waals surface area contributed by atoms with Gasteiger partial charge < -0.3 is 28.4 Å². The topological polar surface area (TPSA) is 55.4 Å². The van der Waals surface area contributed by atoms with Gasteiger partial charge in [0, 0.05) is 6.61 Å². The standard InChI is InChI=1S/C15H29BO6/c16-3-1-2-4-20-13-15-14-21-10-9-18-6-5-17-7-8-19-11-12-22-15/h15H,1-14H2. The van der Waals surface area contributed by atoms with E-state index in [2.05, 4.69) is 0 Å². The molecule has 1 heterocycles. The molecule has 1 fully saturated rings. The monoisotopic (exact) mass is 316 g/mol. The van der Waals surface area contributed by atoms with Crippen molar-refractivity contribution in [2.45, 2.75) is 25.3 Å². The second-order valence-corrected chi connectivity index (χ2v) is 4.98. The van der Waals surface area contributed by atoms with Gasteiger partial charge in [0.1, 0.15) is 6.10 Å². The summed E-state index contributed by atoms with van der Waals surface area (Å²) in [5.74, 6) is 0. The van der Waals surface area contributed by atoms with E-state index in [1.165, 1.54) is 0 Å². The van der Waals surface area contributed by atoms with Crippen molar-refractivity contribution >= 4 is 7.85 Å². The largest absolute Gasteiger partial charge is 0.379 e. The van der Waals surface area contributed by atoms with E-state index in [4.69, 9.17) is 36.3 Å². The van der Waals surface area contributed by atoms with E-state index in [0.29, 0.717) is 79.0 Å². The molecule has 0 aromatic carbocycles. The highest BCUT2D eigenvalue weighted by Gasteiger charge is 2.10. The van der Waals surface area contributed by atoms with Gasteiger partial charge >= 0.3 is 0 Å². The van der Waals surface area contributed by atoms with Crippen molar-refractivity contribution < 1.29 is 28.4 Å². The van der Waals surface area contributed by atoms with Gasteiger partial charge in [0.05, 0.1) is 73.9 Å². The minimum Gasteiger partial charge on any atom is -0.379 e. The summed E-state index contributed by atoms with van der Waals surface area (Å²) in [5, 5.41) is 0. The molecule has 6 nitrogen and oxygen atoms in total. The lowest BCUT2D eigenvalue weighted by Crippen LogP contribution is -2.28. The van der Waals surface area contributed by atoms with Crippen LogP contribution >= 0.6 is 0 Å². The third-order valence-corrected chi connectivity index (χ3v) is 3.05. The number of unbranched alkanes of at least 4 members (excludes halogenated alkanes) is 1. The van der Waals surface area contributed by atoms with Crippen LogP contribution in [0.5, 0.6) is 0 Å². The minimum atomic E-state index is -0.0807. The maximum Gasteiger partial charge on any atom is 0.104 e. The predicted molar refractivity (Wildman–Crippen MR) is 83.6 cm³/mol. The second kappa shape index (κ2) is 15.7. The molecule has 1 aliphatic heterocycles. The first-order valence-corrected chi connectivity index (χ1v) is 8.14. The Balaban J connectivity index is 2.18. The van der Waals surface area contributed by atoms with E-state index in [1.54, 1.807) is 0 Å². The molecule has 0 N–H and O–H groups in total. The highest BCUT2D eigenvalue weighted by molar-refractivity contribution is 6.08. The van der Waals surface area contributed by atoms with Crippen LogP contribution in [-0.2, 0) is 28.4 Å². The molecule has 1 unspecified atom stereocenters. The Kier molecular flexibility index (Phi) is 14.2. The highest BCUT2D eigenvalue weighted by atomic mass is 16.6. The van der Waals surface area contributed by atoms with Crippen LogP contribution in [0, 0.1) is 0 Å². The summed E-state index contributed by atoms with van der Waals surface area (Å²) in [6.07, 6.45) is 2.58. The van der Waals surface area contributed by atoms with Crippen LogP contribution in [0.1, 0.15) is 12.8 Å². The molecule has 1 aliphatic rings. The lowest BCUT2D eigenvalue weighted by Gasteiger charge is -2.18. The Morgan fingerprint density at radius 1 is 0.773 bits per heavy atom. The molecular weight excluding hydrogens is 287 g/mol. The van der Waals surface area contributed by atoms with Gasteiger partial charge in [0.25, 0.3) is 0 Å². The summed E-state index contributed by atoms with van der Waals surface area (Å²) in [6.45, 7) is 6.20. The minimum absolute atomic E-state index is 0.0807. The Labute approximate surface area is 135 Å². The number of hydrogen-bond acceptors (Lipinski definition) is 6. The maximum absolute atomic E-state index is 5.74. The average molecular weight is 316 g/mol. The smallest absolute Gasteiger partial charge is 0.104 e. The van der Waals surface area contributed by atoms with Crippen LogP contribution in [0.3, 0.4) is 0 Å². The molecule has 0 aromatic rings. The maximum atomic E-state index is 5.74. The highest BCUT2D eigenvalue weighted by Crippen LogP contribution is 1.99. The van der Waals surface area contributed by atoms with Crippen molar-refractivity contribution in [3.8, 4) is 0 Å². The molecule has 0 spiro atoms. The van der Waals surface area contributed by atoms with Crippen molar-refractivity contribution in [2.24, 2.45) is 0 Å². The van der Waals surface area contributed by atoms with Crippen LogP contribution < -0.4 is 0 Å². The van der Waals surface area contributed by atoms with Crippen molar-refractivity contribution in [1.82, 2.24) is 0 Å². The summed E-state index contributed by atoms with van der Waals surface area (Å²) < 4.78 is 33.1. The van der Waals surface area contributed by atoms with Gasteiger partial charge in [-0.2, -0.15) is 0 Å². The third kappa shape index (κ3) is 12.4. The fourth-order valence-corrected chi connectivity index (χ4v) is 1.86. The first-order chi connectivity index (χ1) is 10.9. The first-order valence-electron chi connectivity index (χ1n) is 8.14. The van der Waals surface area contributed by atoms with Gasteiger partial charge in [0.2, 0.25) is 0 Å². The van der Waals surface area contributed by atoms with E-state index in [9.17, 15) is 0 Å². The normalized spacial score (nSPS) is 23.5. The molecule has 2 radical (unpaired) electrons. The van der Waals surface area contributed by atoms with Crippen LogP contribution in [-0.4, -0.2) is 86.6 Å². The quantitative estimate of drug-likeness (QED) is 0.535. The van der Waals surface area contributed by atoms with E-state index < -0.39 is 0 Å².